The van der Waals surface area contributed by atoms with Crippen LogP contribution in [0.25, 0.3) is 0 Å². The standard InChI is InChI=1S/C23H34O4/c1-4-18(25)21(27)16-12-19(26)23(3)10-8-17-15(20(16)23)6-5-13-11-14(24)7-9-22(13,17)2/h11,15-18,20-21,25,27H,4-10,12H2,1-3H3/t15-,16?,17-,18?,20-,21?,22+,23-/m1/s1. The third kappa shape index (κ3) is 2.70. The Balaban J connectivity index is 1.70. The summed E-state index contributed by atoms with van der Waals surface area (Å²) in [6, 6.07) is 0. The van der Waals surface area contributed by atoms with E-state index < -0.39 is 12.2 Å². The maximum Gasteiger partial charge on any atom is 0.155 e. The van der Waals surface area contributed by atoms with Crippen LogP contribution in [0.15, 0.2) is 11.6 Å². The molecule has 3 fully saturated rings. The lowest BCUT2D eigenvalue weighted by Gasteiger charge is -2.58. The van der Waals surface area contributed by atoms with Crippen LogP contribution in [-0.4, -0.2) is 34.0 Å². The summed E-state index contributed by atoms with van der Waals surface area (Å²) in [6.07, 6.45) is 6.63. The second-order valence-electron chi connectivity index (χ2n) is 10.1. The fraction of sp³-hybridized carbons (Fsp3) is 0.826. The van der Waals surface area contributed by atoms with Gasteiger partial charge in [-0.3, -0.25) is 9.59 Å². The van der Waals surface area contributed by atoms with Crippen molar-refractivity contribution in [3.8, 4) is 0 Å². The molecule has 0 heterocycles. The number of carbonyl (C=O) groups excluding carboxylic acids is 2. The number of hydrogen-bond acceptors (Lipinski definition) is 4. The summed E-state index contributed by atoms with van der Waals surface area (Å²) in [4.78, 5) is 25.0. The van der Waals surface area contributed by atoms with Gasteiger partial charge in [-0.1, -0.05) is 26.3 Å². The van der Waals surface area contributed by atoms with Gasteiger partial charge in [0, 0.05) is 18.3 Å². The lowest BCUT2D eigenvalue weighted by molar-refractivity contribution is -0.134. The molecular formula is C23H34O4. The van der Waals surface area contributed by atoms with Crippen molar-refractivity contribution < 1.29 is 19.8 Å². The molecule has 0 amide bonds. The maximum atomic E-state index is 13.0. The van der Waals surface area contributed by atoms with Gasteiger partial charge in [0.05, 0.1) is 12.2 Å². The van der Waals surface area contributed by atoms with E-state index in [0.29, 0.717) is 31.1 Å². The zero-order valence-corrected chi connectivity index (χ0v) is 16.9. The Kier molecular flexibility index (Phi) is 4.67. The van der Waals surface area contributed by atoms with E-state index >= 15 is 0 Å². The molecule has 3 unspecified atom stereocenters. The molecule has 0 radical (unpaired) electrons. The molecule has 0 aliphatic heterocycles. The summed E-state index contributed by atoms with van der Waals surface area (Å²) in [5.74, 6) is 1.43. The van der Waals surface area contributed by atoms with Crippen LogP contribution in [0.5, 0.6) is 0 Å². The van der Waals surface area contributed by atoms with E-state index in [4.69, 9.17) is 0 Å². The molecule has 4 aliphatic rings. The van der Waals surface area contributed by atoms with Crippen LogP contribution in [0.3, 0.4) is 0 Å². The van der Waals surface area contributed by atoms with E-state index in [9.17, 15) is 19.8 Å². The van der Waals surface area contributed by atoms with Gasteiger partial charge in [-0.2, -0.15) is 0 Å². The Labute approximate surface area is 162 Å². The molecule has 4 rings (SSSR count). The molecule has 0 saturated heterocycles. The van der Waals surface area contributed by atoms with Crippen molar-refractivity contribution >= 4 is 11.6 Å². The molecule has 2 N–H and O–H groups in total. The molecule has 8 atom stereocenters. The van der Waals surface area contributed by atoms with E-state index in [-0.39, 0.29) is 34.2 Å². The maximum absolute atomic E-state index is 13.0. The lowest BCUT2D eigenvalue weighted by atomic mass is 9.46. The Hall–Kier alpha value is -1.00. The summed E-state index contributed by atoms with van der Waals surface area (Å²) >= 11 is 0. The quantitative estimate of drug-likeness (QED) is 0.793. The van der Waals surface area contributed by atoms with E-state index in [0.717, 1.165) is 32.1 Å². The van der Waals surface area contributed by atoms with Gasteiger partial charge in [0.15, 0.2) is 5.78 Å². The molecular weight excluding hydrogens is 340 g/mol. The summed E-state index contributed by atoms with van der Waals surface area (Å²) in [6.45, 7) is 6.32. The van der Waals surface area contributed by atoms with Crippen LogP contribution in [0.4, 0.5) is 0 Å². The van der Waals surface area contributed by atoms with Crippen molar-refractivity contribution in [2.75, 3.05) is 0 Å². The summed E-state index contributed by atoms with van der Waals surface area (Å²) < 4.78 is 0. The normalized spacial score (nSPS) is 46.2. The first-order chi connectivity index (χ1) is 12.7. The molecule has 0 aromatic carbocycles. The van der Waals surface area contributed by atoms with Crippen molar-refractivity contribution in [3.63, 3.8) is 0 Å². The number of aliphatic hydroxyl groups excluding tert-OH is 2. The van der Waals surface area contributed by atoms with E-state index in [1.54, 1.807) is 0 Å². The van der Waals surface area contributed by atoms with Crippen LogP contribution in [0.2, 0.25) is 0 Å². The number of ketones is 2. The van der Waals surface area contributed by atoms with Gasteiger partial charge in [0.2, 0.25) is 0 Å². The van der Waals surface area contributed by atoms with Crippen molar-refractivity contribution in [1.82, 2.24) is 0 Å². The first kappa shape index (κ1) is 19.3. The highest BCUT2D eigenvalue weighted by molar-refractivity contribution is 5.91. The monoisotopic (exact) mass is 374 g/mol. The highest BCUT2D eigenvalue weighted by Crippen LogP contribution is 2.66. The van der Waals surface area contributed by atoms with Crippen LogP contribution >= 0.6 is 0 Å². The molecule has 4 nitrogen and oxygen atoms in total. The number of aliphatic hydroxyl groups is 2. The van der Waals surface area contributed by atoms with Gasteiger partial charge in [-0.15, -0.1) is 0 Å². The Bertz CT molecular complexity index is 682. The largest absolute Gasteiger partial charge is 0.390 e. The number of Topliss-reactive ketones (excluding diaryl/α,β-unsaturated/α-hetero) is 1. The van der Waals surface area contributed by atoms with Crippen molar-refractivity contribution in [3.05, 3.63) is 11.6 Å². The fourth-order valence-corrected chi connectivity index (χ4v) is 7.36. The van der Waals surface area contributed by atoms with Gasteiger partial charge in [-0.05, 0) is 73.7 Å². The molecule has 27 heavy (non-hydrogen) atoms. The van der Waals surface area contributed by atoms with Crippen molar-refractivity contribution in [2.45, 2.75) is 84.3 Å². The van der Waals surface area contributed by atoms with E-state index in [1.807, 2.05) is 13.0 Å². The second-order valence-corrected chi connectivity index (χ2v) is 10.1. The number of rotatable bonds is 3. The first-order valence-corrected chi connectivity index (χ1v) is 10.9. The van der Waals surface area contributed by atoms with Gasteiger partial charge >= 0.3 is 0 Å². The molecule has 4 aliphatic carbocycles. The molecule has 3 saturated carbocycles. The minimum absolute atomic E-state index is 0.0582. The van der Waals surface area contributed by atoms with Crippen LogP contribution < -0.4 is 0 Å². The van der Waals surface area contributed by atoms with Crippen LogP contribution in [0.1, 0.15) is 72.1 Å². The number of fused-ring (bicyclic) bond motifs is 5. The zero-order valence-electron chi connectivity index (χ0n) is 16.9. The topological polar surface area (TPSA) is 74.6 Å². The Morgan fingerprint density at radius 3 is 2.56 bits per heavy atom. The predicted molar refractivity (Wildman–Crippen MR) is 103 cm³/mol. The fourth-order valence-electron chi connectivity index (χ4n) is 7.36. The first-order valence-electron chi connectivity index (χ1n) is 10.9. The number of hydrogen-bond donors (Lipinski definition) is 2. The predicted octanol–water partition coefficient (Wildman–Crippen LogP) is 3.45. The number of allylic oxidation sites excluding steroid dienone is 1. The Morgan fingerprint density at radius 1 is 1.11 bits per heavy atom. The third-order valence-corrected chi connectivity index (χ3v) is 8.98. The van der Waals surface area contributed by atoms with Gasteiger partial charge < -0.3 is 10.2 Å². The number of carbonyl (C=O) groups is 2. The molecule has 4 heteroatoms. The van der Waals surface area contributed by atoms with Gasteiger partial charge in [-0.25, -0.2) is 0 Å². The molecule has 0 spiro atoms. The van der Waals surface area contributed by atoms with Crippen LogP contribution in [-0.2, 0) is 9.59 Å². The summed E-state index contributed by atoms with van der Waals surface area (Å²) in [5, 5.41) is 21.2. The van der Waals surface area contributed by atoms with Crippen LogP contribution in [0, 0.1) is 34.5 Å². The summed E-state index contributed by atoms with van der Waals surface area (Å²) in [5.41, 5.74) is 1.02. The lowest BCUT2D eigenvalue weighted by Crippen LogP contribution is -2.53. The second kappa shape index (κ2) is 6.52. The SMILES string of the molecule is CCC(O)C(O)C1CC(=O)[C@@]2(C)CC[C@@H]3[C@@H](CCC4=CC(=O)CC[C@@]43C)[C@H]12. The van der Waals surface area contributed by atoms with E-state index in [2.05, 4.69) is 13.8 Å². The third-order valence-electron chi connectivity index (χ3n) is 8.98. The molecule has 0 bridgehead atoms. The molecule has 0 aromatic rings. The Morgan fingerprint density at radius 2 is 1.85 bits per heavy atom. The average Bonchev–Trinajstić information content (AvgIpc) is 2.92. The minimum atomic E-state index is -0.817. The van der Waals surface area contributed by atoms with E-state index in [1.165, 1.54) is 5.57 Å². The smallest absolute Gasteiger partial charge is 0.155 e. The van der Waals surface area contributed by atoms with Crippen molar-refractivity contribution in [2.24, 2.45) is 34.5 Å². The average molecular weight is 375 g/mol. The van der Waals surface area contributed by atoms with Gasteiger partial charge in [0.25, 0.3) is 0 Å². The zero-order chi connectivity index (χ0) is 19.6. The highest BCUT2D eigenvalue weighted by atomic mass is 16.3. The molecule has 0 aromatic heterocycles. The summed E-state index contributed by atoms with van der Waals surface area (Å²) in [7, 11) is 0. The minimum Gasteiger partial charge on any atom is -0.390 e. The molecule has 150 valence electrons. The highest BCUT2D eigenvalue weighted by Gasteiger charge is 2.63. The van der Waals surface area contributed by atoms with Crippen molar-refractivity contribution in [1.29, 1.82) is 0 Å². The van der Waals surface area contributed by atoms with Gasteiger partial charge in [0.1, 0.15) is 5.78 Å².